The first-order chi connectivity index (χ1) is 8.70. The standard InChI is InChI=1S/C12H13N3OS2/c1-8-9(6-10(18-8)12(16)15-13)7-17-11-4-2-3-5-14-11/h2-6H,7,13H2,1H3,(H,15,16). The molecule has 0 spiro atoms. The van der Waals surface area contributed by atoms with Gasteiger partial charge in [0.1, 0.15) is 0 Å². The number of amides is 1. The minimum atomic E-state index is -0.239. The topological polar surface area (TPSA) is 68.0 Å². The monoisotopic (exact) mass is 279 g/mol. The van der Waals surface area contributed by atoms with Crippen LogP contribution in [0, 0.1) is 6.92 Å². The normalized spacial score (nSPS) is 10.3. The number of hydrogen-bond acceptors (Lipinski definition) is 5. The van der Waals surface area contributed by atoms with Gasteiger partial charge in [-0.3, -0.25) is 10.2 Å². The van der Waals surface area contributed by atoms with E-state index in [1.54, 1.807) is 18.0 Å². The Morgan fingerprint density at radius 3 is 3.06 bits per heavy atom. The van der Waals surface area contributed by atoms with E-state index in [0.717, 1.165) is 21.2 Å². The molecule has 0 aliphatic rings. The van der Waals surface area contributed by atoms with E-state index in [2.05, 4.69) is 10.4 Å². The summed E-state index contributed by atoms with van der Waals surface area (Å²) < 4.78 is 0. The SMILES string of the molecule is Cc1sc(C(=O)NN)cc1CSc1ccccn1. The lowest BCUT2D eigenvalue weighted by molar-refractivity contribution is 0.0957. The number of carbonyl (C=O) groups excluding carboxylic acids is 1. The molecule has 2 aromatic heterocycles. The highest BCUT2D eigenvalue weighted by atomic mass is 32.2. The number of nitrogens with one attached hydrogen (secondary N) is 1. The van der Waals surface area contributed by atoms with Crippen LogP contribution in [0.4, 0.5) is 0 Å². The van der Waals surface area contributed by atoms with Gasteiger partial charge in [0, 0.05) is 16.8 Å². The number of thiophene rings is 1. The second kappa shape index (κ2) is 5.99. The number of carbonyl (C=O) groups is 1. The number of nitrogens with zero attached hydrogens (tertiary/aromatic N) is 1. The molecule has 6 heteroatoms. The lowest BCUT2D eigenvalue weighted by Crippen LogP contribution is -2.29. The number of aromatic nitrogens is 1. The van der Waals surface area contributed by atoms with Crippen molar-refractivity contribution in [1.82, 2.24) is 10.4 Å². The van der Waals surface area contributed by atoms with E-state index in [1.807, 2.05) is 31.2 Å². The number of rotatable bonds is 4. The third-order valence-electron chi connectivity index (χ3n) is 2.39. The minimum Gasteiger partial charge on any atom is -0.289 e. The fourth-order valence-corrected chi connectivity index (χ4v) is 3.38. The predicted octanol–water partition coefficient (Wildman–Crippen LogP) is 2.35. The summed E-state index contributed by atoms with van der Waals surface area (Å²) in [5, 5.41) is 0.980. The fraction of sp³-hybridized carbons (Fsp3) is 0.167. The minimum absolute atomic E-state index is 0.239. The molecule has 0 fully saturated rings. The van der Waals surface area contributed by atoms with Crippen molar-refractivity contribution in [2.45, 2.75) is 17.7 Å². The lowest BCUT2D eigenvalue weighted by Gasteiger charge is -1.99. The van der Waals surface area contributed by atoms with Gasteiger partial charge in [0.15, 0.2) is 0 Å². The fourth-order valence-electron chi connectivity index (χ4n) is 1.43. The van der Waals surface area contributed by atoms with Gasteiger partial charge in [-0.15, -0.1) is 23.1 Å². The number of pyridine rings is 1. The number of nitrogens with two attached hydrogens (primary N) is 1. The summed E-state index contributed by atoms with van der Waals surface area (Å²) in [7, 11) is 0. The Labute approximate surface area is 114 Å². The molecule has 0 atom stereocenters. The van der Waals surface area contributed by atoms with Gasteiger partial charge in [0.2, 0.25) is 0 Å². The van der Waals surface area contributed by atoms with Gasteiger partial charge in [-0.1, -0.05) is 6.07 Å². The molecule has 94 valence electrons. The first kappa shape index (κ1) is 13.1. The Balaban J connectivity index is 2.06. The number of thioether (sulfide) groups is 1. The van der Waals surface area contributed by atoms with Crippen LogP contribution in [0.2, 0.25) is 0 Å². The van der Waals surface area contributed by atoms with Gasteiger partial charge >= 0.3 is 0 Å². The average Bonchev–Trinajstić information content (AvgIpc) is 2.78. The maximum Gasteiger partial charge on any atom is 0.275 e. The highest BCUT2D eigenvalue weighted by molar-refractivity contribution is 7.98. The summed E-state index contributed by atoms with van der Waals surface area (Å²) in [6, 6.07) is 7.71. The number of nitrogen functional groups attached to an aromatic ring is 1. The lowest BCUT2D eigenvalue weighted by atomic mass is 10.3. The molecule has 2 aromatic rings. The Morgan fingerprint density at radius 1 is 1.56 bits per heavy atom. The maximum atomic E-state index is 11.4. The van der Waals surface area contributed by atoms with Crippen LogP contribution in [0.1, 0.15) is 20.1 Å². The zero-order valence-corrected chi connectivity index (χ0v) is 11.5. The number of hydrazine groups is 1. The molecule has 0 aliphatic heterocycles. The van der Waals surface area contributed by atoms with Crippen molar-refractivity contribution in [2.24, 2.45) is 5.84 Å². The largest absolute Gasteiger partial charge is 0.289 e. The molecular formula is C12H13N3OS2. The molecule has 3 N–H and O–H groups in total. The first-order valence-corrected chi connectivity index (χ1v) is 7.15. The average molecular weight is 279 g/mol. The second-order valence-electron chi connectivity index (χ2n) is 3.62. The summed E-state index contributed by atoms with van der Waals surface area (Å²) in [5.74, 6) is 5.68. The van der Waals surface area contributed by atoms with Crippen molar-refractivity contribution in [3.8, 4) is 0 Å². The Bertz CT molecular complexity index is 540. The molecule has 0 unspecified atom stereocenters. The van der Waals surface area contributed by atoms with Crippen molar-refractivity contribution in [2.75, 3.05) is 0 Å². The molecule has 0 aliphatic carbocycles. The summed E-state index contributed by atoms with van der Waals surface area (Å²) >= 11 is 3.11. The van der Waals surface area contributed by atoms with E-state index >= 15 is 0 Å². The first-order valence-electron chi connectivity index (χ1n) is 5.35. The van der Waals surface area contributed by atoms with Crippen molar-refractivity contribution in [3.05, 3.63) is 45.8 Å². The van der Waals surface area contributed by atoms with E-state index in [-0.39, 0.29) is 5.91 Å². The van der Waals surface area contributed by atoms with Gasteiger partial charge in [0.05, 0.1) is 9.90 Å². The van der Waals surface area contributed by atoms with E-state index < -0.39 is 0 Å². The van der Waals surface area contributed by atoms with Crippen molar-refractivity contribution >= 4 is 29.0 Å². The molecule has 4 nitrogen and oxygen atoms in total. The van der Waals surface area contributed by atoms with Crippen LogP contribution in [0.3, 0.4) is 0 Å². The number of aryl methyl sites for hydroxylation is 1. The third-order valence-corrected chi connectivity index (χ3v) is 4.47. The van der Waals surface area contributed by atoms with Gasteiger partial charge in [0.25, 0.3) is 5.91 Å². The van der Waals surface area contributed by atoms with E-state index in [0.29, 0.717) is 4.88 Å². The molecule has 0 saturated carbocycles. The summed E-state index contributed by atoms with van der Waals surface area (Å²) in [6.45, 7) is 2.01. The van der Waals surface area contributed by atoms with Gasteiger partial charge < -0.3 is 0 Å². The van der Waals surface area contributed by atoms with Crippen molar-refractivity contribution in [1.29, 1.82) is 0 Å². The van der Waals surface area contributed by atoms with Gasteiger partial charge in [-0.05, 0) is 30.7 Å². The zero-order chi connectivity index (χ0) is 13.0. The van der Waals surface area contributed by atoms with Crippen LogP contribution in [0.5, 0.6) is 0 Å². The molecule has 0 radical (unpaired) electrons. The van der Waals surface area contributed by atoms with Gasteiger partial charge in [-0.25, -0.2) is 10.8 Å². The zero-order valence-electron chi connectivity index (χ0n) is 9.84. The summed E-state index contributed by atoms with van der Waals surface area (Å²) in [5.41, 5.74) is 3.30. The van der Waals surface area contributed by atoms with Crippen molar-refractivity contribution < 1.29 is 4.79 Å². The smallest absolute Gasteiger partial charge is 0.275 e. The predicted molar refractivity (Wildman–Crippen MR) is 74.5 cm³/mol. The summed E-state index contributed by atoms with van der Waals surface area (Å²) in [6.07, 6.45) is 1.77. The van der Waals surface area contributed by atoms with Crippen LogP contribution >= 0.6 is 23.1 Å². The Kier molecular flexibility index (Phi) is 4.35. The highest BCUT2D eigenvalue weighted by Crippen LogP contribution is 2.27. The van der Waals surface area contributed by atoms with Crippen molar-refractivity contribution in [3.63, 3.8) is 0 Å². The van der Waals surface area contributed by atoms with Crippen LogP contribution in [-0.2, 0) is 5.75 Å². The molecule has 0 bridgehead atoms. The van der Waals surface area contributed by atoms with Gasteiger partial charge in [-0.2, -0.15) is 0 Å². The van der Waals surface area contributed by atoms with E-state index in [9.17, 15) is 4.79 Å². The van der Waals surface area contributed by atoms with E-state index in [4.69, 9.17) is 5.84 Å². The second-order valence-corrected chi connectivity index (χ2v) is 5.87. The molecule has 2 heterocycles. The molecule has 2 rings (SSSR count). The molecule has 0 aromatic carbocycles. The highest BCUT2D eigenvalue weighted by Gasteiger charge is 2.11. The third kappa shape index (κ3) is 3.10. The number of hydrogen-bond donors (Lipinski definition) is 2. The van der Waals surface area contributed by atoms with Crippen LogP contribution in [0.15, 0.2) is 35.5 Å². The maximum absolute atomic E-state index is 11.4. The van der Waals surface area contributed by atoms with Crippen LogP contribution in [0.25, 0.3) is 0 Å². The van der Waals surface area contributed by atoms with Crippen LogP contribution < -0.4 is 11.3 Å². The molecule has 0 saturated heterocycles. The quantitative estimate of drug-likeness (QED) is 0.390. The summed E-state index contributed by atoms with van der Waals surface area (Å²) in [4.78, 5) is 17.4. The van der Waals surface area contributed by atoms with Crippen LogP contribution in [-0.4, -0.2) is 10.9 Å². The molecule has 1 amide bonds. The molecular weight excluding hydrogens is 266 g/mol. The molecule has 18 heavy (non-hydrogen) atoms. The Hall–Kier alpha value is -1.37. The van der Waals surface area contributed by atoms with E-state index in [1.165, 1.54) is 11.3 Å². The Morgan fingerprint density at radius 2 is 2.39 bits per heavy atom.